The van der Waals surface area contributed by atoms with Gasteiger partial charge in [0.1, 0.15) is 0 Å². The lowest BCUT2D eigenvalue weighted by Crippen LogP contribution is -2.35. The van der Waals surface area contributed by atoms with Crippen molar-refractivity contribution in [3.8, 4) is 11.1 Å². The van der Waals surface area contributed by atoms with Gasteiger partial charge >= 0.3 is 0 Å². The quantitative estimate of drug-likeness (QED) is 0.265. The van der Waals surface area contributed by atoms with Crippen LogP contribution in [0, 0.1) is 18.8 Å². The van der Waals surface area contributed by atoms with Gasteiger partial charge in [-0.3, -0.25) is 0 Å². The maximum Gasteiger partial charge on any atom is 0.183 e. The normalized spacial score (nSPS) is 24.6. The second-order valence-electron chi connectivity index (χ2n) is 10.7. The average Bonchev–Trinajstić information content (AvgIpc) is 2.93. The lowest BCUT2D eigenvalue weighted by atomic mass is 9.79. The Hall–Kier alpha value is -1.72. The van der Waals surface area contributed by atoms with Gasteiger partial charge in [0.25, 0.3) is 0 Å². The first-order chi connectivity index (χ1) is 17.7. The van der Waals surface area contributed by atoms with Crippen LogP contribution < -0.4 is 0 Å². The van der Waals surface area contributed by atoms with E-state index in [2.05, 4.69) is 62.4 Å². The van der Waals surface area contributed by atoms with Crippen molar-refractivity contribution in [1.29, 1.82) is 0 Å². The Balaban J connectivity index is 1.09. The summed E-state index contributed by atoms with van der Waals surface area (Å²) < 4.78 is 24.2. The SMILES string of the molecule is CCCCCCCOCCOC1CCC(C2COC(c3ccc(-c4ccc(C)cc4)cc3)OC2)CC1. The molecule has 0 N–H and O–H groups in total. The van der Waals surface area contributed by atoms with Crippen LogP contribution in [-0.4, -0.2) is 39.1 Å². The molecule has 0 amide bonds. The van der Waals surface area contributed by atoms with E-state index < -0.39 is 0 Å². The molecule has 0 aromatic heterocycles. The van der Waals surface area contributed by atoms with Crippen molar-refractivity contribution in [1.82, 2.24) is 0 Å². The highest BCUT2D eigenvalue weighted by Crippen LogP contribution is 2.36. The van der Waals surface area contributed by atoms with E-state index in [-0.39, 0.29) is 6.29 Å². The van der Waals surface area contributed by atoms with Crippen LogP contribution in [0.3, 0.4) is 0 Å². The molecule has 36 heavy (non-hydrogen) atoms. The minimum absolute atomic E-state index is 0.250. The zero-order chi connectivity index (χ0) is 25.0. The van der Waals surface area contributed by atoms with Gasteiger partial charge in [-0.15, -0.1) is 0 Å². The van der Waals surface area contributed by atoms with E-state index in [1.807, 2.05) is 0 Å². The summed E-state index contributed by atoms with van der Waals surface area (Å²) in [6, 6.07) is 17.3. The van der Waals surface area contributed by atoms with Crippen LogP contribution >= 0.6 is 0 Å². The number of benzene rings is 2. The van der Waals surface area contributed by atoms with Gasteiger partial charge in [-0.2, -0.15) is 0 Å². The van der Waals surface area contributed by atoms with Crippen LogP contribution in [0.4, 0.5) is 0 Å². The van der Waals surface area contributed by atoms with Crippen molar-refractivity contribution in [3.63, 3.8) is 0 Å². The number of hydrogen-bond donors (Lipinski definition) is 0. The molecule has 198 valence electrons. The second-order valence-corrected chi connectivity index (χ2v) is 10.7. The molecule has 0 bridgehead atoms. The number of hydrogen-bond acceptors (Lipinski definition) is 4. The van der Waals surface area contributed by atoms with Crippen molar-refractivity contribution < 1.29 is 18.9 Å². The van der Waals surface area contributed by atoms with Crippen molar-refractivity contribution in [2.75, 3.05) is 33.0 Å². The summed E-state index contributed by atoms with van der Waals surface area (Å²) in [5, 5.41) is 0. The van der Waals surface area contributed by atoms with Crippen molar-refractivity contribution in [2.45, 2.75) is 84.0 Å². The molecule has 1 aliphatic heterocycles. The summed E-state index contributed by atoms with van der Waals surface area (Å²) in [5.41, 5.74) is 4.84. The van der Waals surface area contributed by atoms with Crippen molar-refractivity contribution in [2.24, 2.45) is 11.8 Å². The second kappa shape index (κ2) is 14.9. The van der Waals surface area contributed by atoms with Gasteiger partial charge in [-0.05, 0) is 56.1 Å². The summed E-state index contributed by atoms with van der Waals surface area (Å²) in [4.78, 5) is 0. The molecule has 0 radical (unpaired) electrons. The largest absolute Gasteiger partial charge is 0.379 e. The molecule has 2 aromatic carbocycles. The van der Waals surface area contributed by atoms with Crippen LogP contribution in [0.25, 0.3) is 11.1 Å². The van der Waals surface area contributed by atoms with Gasteiger partial charge < -0.3 is 18.9 Å². The molecule has 0 spiro atoms. The molecule has 1 saturated heterocycles. The van der Waals surface area contributed by atoms with Gasteiger partial charge in [0, 0.05) is 18.1 Å². The Labute approximate surface area is 218 Å². The Bertz CT molecular complexity index is 847. The third kappa shape index (κ3) is 8.41. The van der Waals surface area contributed by atoms with E-state index in [0.29, 0.717) is 17.9 Å². The van der Waals surface area contributed by atoms with E-state index in [1.165, 1.54) is 61.6 Å². The maximum atomic E-state index is 6.18. The molecule has 2 fully saturated rings. The summed E-state index contributed by atoms with van der Waals surface area (Å²) in [7, 11) is 0. The van der Waals surface area contributed by atoms with Crippen LogP contribution in [0.15, 0.2) is 48.5 Å². The zero-order valence-electron chi connectivity index (χ0n) is 22.5. The molecule has 4 rings (SSSR count). The average molecular weight is 495 g/mol. The van der Waals surface area contributed by atoms with Crippen molar-refractivity contribution in [3.05, 3.63) is 59.7 Å². The van der Waals surface area contributed by atoms with E-state index >= 15 is 0 Å². The highest BCUT2D eigenvalue weighted by Gasteiger charge is 2.32. The van der Waals surface area contributed by atoms with Gasteiger partial charge in [-0.25, -0.2) is 0 Å². The van der Waals surface area contributed by atoms with Crippen LogP contribution in [0.2, 0.25) is 0 Å². The number of unbranched alkanes of at least 4 members (excludes halogenated alkanes) is 4. The first kappa shape index (κ1) is 27.3. The standard InChI is InChI=1S/C32H46O4/c1-3-4-5-6-7-20-33-21-22-34-31-18-16-28(17-19-31)30-23-35-32(36-24-30)29-14-12-27(13-15-29)26-10-8-25(2)9-11-26/h8-15,28,30-32H,3-7,16-24H2,1-2H3. The third-order valence-electron chi connectivity index (χ3n) is 7.85. The summed E-state index contributed by atoms with van der Waals surface area (Å²) >= 11 is 0. The smallest absolute Gasteiger partial charge is 0.183 e. The first-order valence-corrected chi connectivity index (χ1v) is 14.3. The minimum Gasteiger partial charge on any atom is -0.379 e. The molecule has 4 heteroatoms. The highest BCUT2D eigenvalue weighted by molar-refractivity contribution is 5.63. The monoisotopic (exact) mass is 494 g/mol. The number of rotatable bonds is 13. The fourth-order valence-electron chi connectivity index (χ4n) is 5.47. The molecule has 2 aliphatic rings. The van der Waals surface area contributed by atoms with E-state index in [4.69, 9.17) is 18.9 Å². The fraction of sp³-hybridized carbons (Fsp3) is 0.625. The molecular formula is C32H46O4. The lowest BCUT2D eigenvalue weighted by Gasteiger charge is -2.37. The molecule has 4 nitrogen and oxygen atoms in total. The van der Waals surface area contributed by atoms with E-state index in [0.717, 1.165) is 51.4 Å². The molecule has 1 aliphatic carbocycles. The fourth-order valence-corrected chi connectivity index (χ4v) is 5.47. The predicted molar refractivity (Wildman–Crippen MR) is 146 cm³/mol. The molecule has 0 unspecified atom stereocenters. The summed E-state index contributed by atoms with van der Waals surface area (Å²) in [5.74, 6) is 1.17. The predicted octanol–water partition coefficient (Wildman–Crippen LogP) is 7.89. The third-order valence-corrected chi connectivity index (χ3v) is 7.85. The van der Waals surface area contributed by atoms with Gasteiger partial charge in [0.15, 0.2) is 6.29 Å². The summed E-state index contributed by atoms with van der Waals surface area (Å²) in [6.45, 7) is 8.26. The Morgan fingerprint density at radius 3 is 2.00 bits per heavy atom. The van der Waals surface area contributed by atoms with Crippen LogP contribution in [-0.2, 0) is 18.9 Å². The van der Waals surface area contributed by atoms with Gasteiger partial charge in [0.05, 0.1) is 32.5 Å². The molecule has 2 aromatic rings. The molecule has 1 heterocycles. The number of aryl methyl sites for hydroxylation is 1. The van der Waals surface area contributed by atoms with Gasteiger partial charge in [-0.1, -0.05) is 86.7 Å². The Morgan fingerprint density at radius 2 is 1.33 bits per heavy atom. The van der Waals surface area contributed by atoms with Gasteiger partial charge in [0.2, 0.25) is 0 Å². The summed E-state index contributed by atoms with van der Waals surface area (Å²) in [6.07, 6.45) is 11.3. The first-order valence-electron chi connectivity index (χ1n) is 14.3. The molecule has 0 atom stereocenters. The van der Waals surface area contributed by atoms with Crippen molar-refractivity contribution >= 4 is 0 Å². The van der Waals surface area contributed by atoms with Crippen LogP contribution in [0.5, 0.6) is 0 Å². The Kier molecular flexibility index (Phi) is 11.3. The van der Waals surface area contributed by atoms with Crippen LogP contribution in [0.1, 0.15) is 82.1 Å². The zero-order valence-corrected chi connectivity index (χ0v) is 22.5. The lowest BCUT2D eigenvalue weighted by molar-refractivity contribution is -0.215. The molecular weight excluding hydrogens is 448 g/mol. The molecule has 1 saturated carbocycles. The Morgan fingerprint density at radius 1 is 0.694 bits per heavy atom. The number of ether oxygens (including phenoxy) is 4. The van der Waals surface area contributed by atoms with E-state index in [1.54, 1.807) is 0 Å². The van der Waals surface area contributed by atoms with E-state index in [9.17, 15) is 0 Å². The topological polar surface area (TPSA) is 36.9 Å². The highest BCUT2D eigenvalue weighted by atomic mass is 16.7. The maximum absolute atomic E-state index is 6.18. The minimum atomic E-state index is -0.250.